The van der Waals surface area contributed by atoms with Crippen LogP contribution < -0.4 is 0 Å². The van der Waals surface area contributed by atoms with E-state index in [4.69, 9.17) is 11.3 Å². The smallest absolute Gasteiger partial charge is 0.303 e. The van der Waals surface area contributed by atoms with Gasteiger partial charge in [-0.1, -0.05) is 13.5 Å². The number of carbonyl (C=O) groups is 1. The number of ether oxygens (including phenoxy) is 1. The van der Waals surface area contributed by atoms with Crippen LogP contribution >= 0.6 is 0 Å². The van der Waals surface area contributed by atoms with Crippen molar-refractivity contribution in [2.75, 3.05) is 0 Å². The minimum Gasteiger partial charge on any atom is -0.458 e. The molecule has 0 aromatic rings. The molecule has 0 aliphatic heterocycles. The number of esters is 1. The average Bonchev–Trinajstić information content (AvgIpc) is 1.82. The van der Waals surface area contributed by atoms with Crippen LogP contribution in [0.2, 0.25) is 0 Å². The Morgan fingerprint density at radius 3 is 2.56 bits per heavy atom. The summed E-state index contributed by atoms with van der Waals surface area (Å²) in [4.78, 5) is 10.3. The average molecular weight is 127 g/mol. The predicted molar refractivity (Wildman–Crippen MR) is 34.7 cm³/mol. The molecule has 1 atom stereocenters. The molecule has 1 unspecified atom stereocenters. The van der Waals surface area contributed by atoms with Gasteiger partial charge in [-0.2, -0.15) is 0 Å². The van der Waals surface area contributed by atoms with Crippen LogP contribution in [-0.2, 0) is 9.53 Å². The van der Waals surface area contributed by atoms with E-state index >= 15 is 0 Å². The topological polar surface area (TPSA) is 26.3 Å². The Kier molecular flexibility index (Phi) is 3.76. The van der Waals surface area contributed by atoms with Gasteiger partial charge in [0, 0.05) is 6.92 Å². The van der Waals surface area contributed by atoms with Gasteiger partial charge in [-0.15, -0.1) is 0 Å². The quantitative estimate of drug-likeness (QED) is 0.534. The predicted octanol–water partition coefficient (Wildman–Crippen LogP) is 1.32. The van der Waals surface area contributed by atoms with E-state index in [1.54, 1.807) is 0 Å². The van der Waals surface area contributed by atoms with Crippen molar-refractivity contribution in [3.8, 4) is 0 Å². The standard InChI is InChI=1S/C7H11O2/c1-4-7(5-2)9-6(3)8/h1,4,7H,5H2,2-3H3. The summed E-state index contributed by atoms with van der Waals surface area (Å²) in [5, 5.41) is 0. The summed E-state index contributed by atoms with van der Waals surface area (Å²) in [7, 11) is 0. The molecule has 0 aliphatic rings. The first-order valence-corrected chi connectivity index (χ1v) is 2.93. The monoisotopic (exact) mass is 127 g/mol. The maximum Gasteiger partial charge on any atom is 0.303 e. The molecule has 0 aromatic heterocycles. The van der Waals surface area contributed by atoms with E-state index < -0.39 is 0 Å². The Labute approximate surface area is 55.5 Å². The molecular formula is C7H11O2. The van der Waals surface area contributed by atoms with Gasteiger partial charge >= 0.3 is 5.97 Å². The van der Waals surface area contributed by atoms with Gasteiger partial charge in [-0.25, -0.2) is 0 Å². The number of hydrogen-bond acceptors (Lipinski definition) is 2. The number of carbonyl (C=O) groups excluding carboxylic acids is 1. The first kappa shape index (κ1) is 8.21. The molecule has 51 valence electrons. The van der Waals surface area contributed by atoms with Crippen LogP contribution in [-0.4, -0.2) is 12.1 Å². The van der Waals surface area contributed by atoms with Gasteiger partial charge in [0.05, 0.1) is 0 Å². The molecule has 0 aromatic carbocycles. The molecule has 9 heavy (non-hydrogen) atoms. The lowest BCUT2D eigenvalue weighted by Gasteiger charge is -2.07. The minimum atomic E-state index is -0.288. The lowest BCUT2D eigenvalue weighted by molar-refractivity contribution is -0.144. The molecule has 0 bridgehead atoms. The summed E-state index contributed by atoms with van der Waals surface area (Å²) in [6.07, 6.45) is 1.89. The molecular weight excluding hydrogens is 116 g/mol. The van der Waals surface area contributed by atoms with E-state index in [9.17, 15) is 4.79 Å². The van der Waals surface area contributed by atoms with Crippen LogP contribution in [0.15, 0.2) is 6.08 Å². The lowest BCUT2D eigenvalue weighted by Crippen LogP contribution is -2.11. The Hall–Kier alpha value is -0.790. The zero-order valence-electron chi connectivity index (χ0n) is 5.76. The Balaban J connectivity index is 3.55. The van der Waals surface area contributed by atoms with Crippen molar-refractivity contribution in [1.82, 2.24) is 0 Å². The Morgan fingerprint density at radius 2 is 2.44 bits per heavy atom. The van der Waals surface area contributed by atoms with Crippen molar-refractivity contribution < 1.29 is 9.53 Å². The molecule has 0 fully saturated rings. The SMILES string of the molecule is [CH]=CC(CC)OC(C)=O. The van der Waals surface area contributed by atoms with Crippen molar-refractivity contribution in [2.24, 2.45) is 0 Å². The van der Waals surface area contributed by atoms with Crippen LogP contribution in [0.3, 0.4) is 0 Å². The summed E-state index contributed by atoms with van der Waals surface area (Å²) in [5.41, 5.74) is 0. The van der Waals surface area contributed by atoms with Crippen molar-refractivity contribution in [3.63, 3.8) is 0 Å². The maximum atomic E-state index is 10.3. The van der Waals surface area contributed by atoms with Crippen LogP contribution in [0.5, 0.6) is 0 Å². The lowest BCUT2D eigenvalue weighted by atomic mass is 10.3. The van der Waals surface area contributed by atoms with Crippen molar-refractivity contribution >= 4 is 5.97 Å². The molecule has 1 radical (unpaired) electrons. The molecule has 2 nitrogen and oxygen atoms in total. The largest absolute Gasteiger partial charge is 0.458 e. The van der Waals surface area contributed by atoms with E-state index in [0.717, 1.165) is 6.42 Å². The maximum absolute atomic E-state index is 10.3. The van der Waals surface area contributed by atoms with Crippen LogP contribution in [0, 0.1) is 6.58 Å². The van der Waals surface area contributed by atoms with E-state index in [1.165, 1.54) is 13.0 Å². The highest BCUT2D eigenvalue weighted by Gasteiger charge is 2.01. The molecule has 2 heteroatoms. The zero-order chi connectivity index (χ0) is 7.28. The van der Waals surface area contributed by atoms with E-state index in [-0.39, 0.29) is 12.1 Å². The second-order valence-corrected chi connectivity index (χ2v) is 1.75. The summed E-state index contributed by atoms with van der Waals surface area (Å²) < 4.78 is 4.73. The molecule has 0 rings (SSSR count). The molecule has 0 heterocycles. The number of hydrogen-bond donors (Lipinski definition) is 0. The molecule has 0 amide bonds. The fourth-order valence-electron chi connectivity index (χ4n) is 0.472. The fraction of sp³-hybridized carbons (Fsp3) is 0.571. The van der Waals surface area contributed by atoms with Crippen molar-refractivity contribution in [2.45, 2.75) is 26.4 Å². The zero-order valence-corrected chi connectivity index (χ0v) is 5.76. The van der Waals surface area contributed by atoms with Gasteiger partial charge < -0.3 is 4.74 Å². The molecule has 0 saturated heterocycles. The second kappa shape index (κ2) is 4.13. The van der Waals surface area contributed by atoms with Crippen molar-refractivity contribution in [1.29, 1.82) is 0 Å². The van der Waals surface area contributed by atoms with Gasteiger partial charge in [0.1, 0.15) is 6.10 Å². The van der Waals surface area contributed by atoms with E-state index in [2.05, 4.69) is 0 Å². The van der Waals surface area contributed by atoms with Gasteiger partial charge in [0.2, 0.25) is 0 Å². The summed E-state index contributed by atoms with van der Waals surface area (Å²) in [6, 6.07) is 0. The molecule has 0 saturated carbocycles. The highest BCUT2D eigenvalue weighted by atomic mass is 16.5. The molecule has 0 N–H and O–H groups in total. The second-order valence-electron chi connectivity index (χ2n) is 1.75. The van der Waals surface area contributed by atoms with E-state index in [1.807, 2.05) is 6.92 Å². The van der Waals surface area contributed by atoms with Gasteiger partial charge in [-0.3, -0.25) is 4.79 Å². The van der Waals surface area contributed by atoms with Crippen LogP contribution in [0.25, 0.3) is 0 Å². The third-order valence-electron chi connectivity index (χ3n) is 0.934. The normalized spacial score (nSPS) is 12.2. The number of rotatable bonds is 3. The fourth-order valence-corrected chi connectivity index (χ4v) is 0.472. The Morgan fingerprint density at radius 1 is 1.89 bits per heavy atom. The van der Waals surface area contributed by atoms with Crippen LogP contribution in [0.4, 0.5) is 0 Å². The highest BCUT2D eigenvalue weighted by Crippen LogP contribution is 1.97. The summed E-state index contributed by atoms with van der Waals surface area (Å²) in [5.74, 6) is -0.288. The van der Waals surface area contributed by atoms with Crippen LogP contribution in [0.1, 0.15) is 20.3 Å². The Bertz CT molecular complexity index is 107. The van der Waals surface area contributed by atoms with Crippen molar-refractivity contribution in [3.05, 3.63) is 12.7 Å². The summed E-state index contributed by atoms with van der Waals surface area (Å²) in [6.45, 7) is 8.40. The molecule has 0 aliphatic carbocycles. The molecule has 0 spiro atoms. The highest BCUT2D eigenvalue weighted by molar-refractivity contribution is 5.66. The van der Waals surface area contributed by atoms with E-state index in [0.29, 0.717) is 0 Å². The third kappa shape index (κ3) is 3.76. The first-order chi connectivity index (χ1) is 4.20. The first-order valence-electron chi connectivity index (χ1n) is 2.93. The van der Waals surface area contributed by atoms with Gasteiger partial charge in [0.25, 0.3) is 0 Å². The van der Waals surface area contributed by atoms with Gasteiger partial charge in [-0.05, 0) is 12.5 Å². The van der Waals surface area contributed by atoms with Gasteiger partial charge in [0.15, 0.2) is 0 Å². The minimum absolute atomic E-state index is 0.220. The summed E-state index contributed by atoms with van der Waals surface area (Å²) >= 11 is 0. The third-order valence-corrected chi connectivity index (χ3v) is 0.934.